The van der Waals surface area contributed by atoms with Crippen molar-refractivity contribution in [3.05, 3.63) is 23.8 Å². The number of sulfonamides is 1. The van der Waals surface area contributed by atoms with Gasteiger partial charge in [0.2, 0.25) is 10.0 Å². The fraction of sp³-hybridized carbons (Fsp3) is 0.500. The first-order valence-electron chi connectivity index (χ1n) is 6.83. The monoisotopic (exact) mass is 329 g/mol. The number of ether oxygens (including phenoxy) is 1. The molecule has 8 heteroatoms. The molecule has 22 heavy (non-hydrogen) atoms. The number of carbonyl (C=O) groups is 1. The van der Waals surface area contributed by atoms with Crippen LogP contribution >= 0.6 is 0 Å². The first kappa shape index (κ1) is 18.2. The molecule has 1 amide bonds. The summed E-state index contributed by atoms with van der Waals surface area (Å²) >= 11 is 0. The molecule has 0 aliphatic rings. The van der Waals surface area contributed by atoms with Crippen LogP contribution in [0.1, 0.15) is 26.3 Å². The minimum atomic E-state index is -3.75. The number of primary sulfonamides is 1. The maximum Gasteiger partial charge on any atom is 0.407 e. The highest BCUT2D eigenvalue weighted by molar-refractivity contribution is 7.89. The van der Waals surface area contributed by atoms with E-state index in [2.05, 4.69) is 10.6 Å². The van der Waals surface area contributed by atoms with E-state index in [1.165, 1.54) is 6.07 Å². The van der Waals surface area contributed by atoms with Gasteiger partial charge in [-0.05, 0) is 45.4 Å². The zero-order valence-corrected chi connectivity index (χ0v) is 14.1. The largest absolute Gasteiger partial charge is 0.444 e. The molecular formula is C14H23N3O4S. The Kier molecular flexibility index (Phi) is 5.78. The highest BCUT2D eigenvalue weighted by Crippen LogP contribution is 2.18. The molecule has 0 radical (unpaired) electrons. The SMILES string of the molecule is Cc1ccc(NCCNC(=O)OC(C)(C)C)cc1S(N)(=O)=O. The third-order valence-corrected chi connectivity index (χ3v) is 3.67. The van der Waals surface area contributed by atoms with Crippen LogP contribution in [0.15, 0.2) is 23.1 Å². The van der Waals surface area contributed by atoms with E-state index in [4.69, 9.17) is 9.88 Å². The first-order chi connectivity index (χ1) is 9.99. The predicted octanol–water partition coefficient (Wildman–Crippen LogP) is 1.58. The summed E-state index contributed by atoms with van der Waals surface area (Å²) in [7, 11) is -3.75. The van der Waals surface area contributed by atoms with Crippen molar-refractivity contribution < 1.29 is 17.9 Å². The maximum atomic E-state index is 11.4. The number of carbonyl (C=O) groups excluding carboxylic acids is 1. The lowest BCUT2D eigenvalue weighted by Gasteiger charge is -2.19. The van der Waals surface area contributed by atoms with E-state index in [-0.39, 0.29) is 4.90 Å². The molecule has 0 atom stereocenters. The van der Waals surface area contributed by atoms with Crippen LogP contribution in [-0.4, -0.2) is 33.2 Å². The number of hydrogen-bond donors (Lipinski definition) is 3. The van der Waals surface area contributed by atoms with Gasteiger partial charge >= 0.3 is 6.09 Å². The number of nitrogens with two attached hydrogens (primary N) is 1. The minimum Gasteiger partial charge on any atom is -0.444 e. The summed E-state index contributed by atoms with van der Waals surface area (Å²) in [6.45, 7) is 7.79. The molecule has 0 aliphatic heterocycles. The lowest BCUT2D eigenvalue weighted by atomic mass is 10.2. The molecule has 124 valence electrons. The molecule has 0 unspecified atom stereocenters. The fourth-order valence-corrected chi connectivity index (χ4v) is 2.51. The number of amides is 1. The summed E-state index contributed by atoms with van der Waals surface area (Å²) in [6, 6.07) is 4.89. The third-order valence-electron chi connectivity index (χ3n) is 2.62. The van der Waals surface area contributed by atoms with Gasteiger partial charge in [0, 0.05) is 18.8 Å². The van der Waals surface area contributed by atoms with Crippen molar-refractivity contribution in [2.24, 2.45) is 5.14 Å². The van der Waals surface area contributed by atoms with E-state index < -0.39 is 21.7 Å². The summed E-state index contributed by atoms with van der Waals surface area (Å²) in [6.07, 6.45) is -0.497. The number of hydrogen-bond acceptors (Lipinski definition) is 5. The number of alkyl carbamates (subject to hydrolysis) is 1. The molecule has 0 spiro atoms. The Morgan fingerprint density at radius 3 is 2.45 bits per heavy atom. The van der Waals surface area contributed by atoms with Crippen LogP contribution in [0.5, 0.6) is 0 Å². The van der Waals surface area contributed by atoms with Gasteiger partial charge in [-0.1, -0.05) is 6.07 Å². The molecule has 0 fully saturated rings. The Balaban J connectivity index is 2.51. The number of anilines is 1. The Morgan fingerprint density at radius 1 is 1.27 bits per heavy atom. The second-order valence-electron chi connectivity index (χ2n) is 5.88. The van der Waals surface area contributed by atoms with Crippen molar-refractivity contribution >= 4 is 21.8 Å². The maximum absolute atomic E-state index is 11.4. The summed E-state index contributed by atoms with van der Waals surface area (Å²) in [5.41, 5.74) is 0.652. The van der Waals surface area contributed by atoms with Gasteiger partial charge in [0.1, 0.15) is 5.60 Å². The van der Waals surface area contributed by atoms with E-state index in [1.807, 2.05) is 0 Å². The van der Waals surface area contributed by atoms with Gasteiger partial charge in [0.05, 0.1) is 4.90 Å². The second kappa shape index (κ2) is 6.97. The fourth-order valence-electron chi connectivity index (χ4n) is 1.70. The van der Waals surface area contributed by atoms with E-state index in [1.54, 1.807) is 39.8 Å². The summed E-state index contributed by atoms with van der Waals surface area (Å²) in [5, 5.41) is 10.8. The van der Waals surface area contributed by atoms with Gasteiger partial charge in [-0.3, -0.25) is 0 Å². The van der Waals surface area contributed by atoms with E-state index in [0.29, 0.717) is 24.3 Å². The van der Waals surface area contributed by atoms with Crippen molar-refractivity contribution in [1.29, 1.82) is 0 Å². The number of nitrogens with one attached hydrogen (secondary N) is 2. The molecule has 0 aromatic heterocycles. The molecule has 0 saturated heterocycles. The Morgan fingerprint density at radius 2 is 1.91 bits per heavy atom. The summed E-state index contributed by atoms with van der Waals surface area (Å²) < 4.78 is 28.0. The zero-order valence-electron chi connectivity index (χ0n) is 13.3. The summed E-state index contributed by atoms with van der Waals surface area (Å²) in [5.74, 6) is 0. The Bertz CT molecular complexity index is 636. The van der Waals surface area contributed by atoms with Gasteiger partial charge in [-0.25, -0.2) is 18.4 Å². The van der Waals surface area contributed by atoms with Crippen LogP contribution in [0.2, 0.25) is 0 Å². The van der Waals surface area contributed by atoms with Gasteiger partial charge in [0.15, 0.2) is 0 Å². The Labute approximate surface area is 131 Å². The number of aryl methyl sites for hydroxylation is 1. The minimum absolute atomic E-state index is 0.0811. The zero-order chi connectivity index (χ0) is 17.0. The molecule has 0 saturated carbocycles. The van der Waals surface area contributed by atoms with Gasteiger partial charge in [-0.15, -0.1) is 0 Å². The first-order valence-corrected chi connectivity index (χ1v) is 8.38. The van der Waals surface area contributed by atoms with Gasteiger partial charge in [-0.2, -0.15) is 0 Å². The topological polar surface area (TPSA) is 111 Å². The van der Waals surface area contributed by atoms with Gasteiger partial charge in [0.25, 0.3) is 0 Å². The molecule has 4 N–H and O–H groups in total. The van der Waals surface area contributed by atoms with Crippen molar-refractivity contribution in [2.45, 2.75) is 38.2 Å². The molecule has 0 bridgehead atoms. The highest BCUT2D eigenvalue weighted by atomic mass is 32.2. The lowest BCUT2D eigenvalue weighted by Crippen LogP contribution is -2.35. The van der Waals surface area contributed by atoms with E-state index >= 15 is 0 Å². The predicted molar refractivity (Wildman–Crippen MR) is 85.3 cm³/mol. The smallest absolute Gasteiger partial charge is 0.407 e. The molecule has 1 rings (SSSR count). The van der Waals surface area contributed by atoms with Crippen LogP contribution in [0.25, 0.3) is 0 Å². The third kappa shape index (κ3) is 6.31. The molecule has 0 heterocycles. The lowest BCUT2D eigenvalue weighted by molar-refractivity contribution is 0.0530. The van der Waals surface area contributed by atoms with Crippen molar-refractivity contribution in [1.82, 2.24) is 5.32 Å². The van der Waals surface area contributed by atoms with Crippen LogP contribution < -0.4 is 15.8 Å². The quantitative estimate of drug-likeness (QED) is 0.710. The molecule has 0 aliphatic carbocycles. The van der Waals surface area contributed by atoms with E-state index in [9.17, 15) is 13.2 Å². The van der Waals surface area contributed by atoms with Crippen LogP contribution in [-0.2, 0) is 14.8 Å². The van der Waals surface area contributed by atoms with Crippen molar-refractivity contribution in [2.75, 3.05) is 18.4 Å². The molecule has 7 nitrogen and oxygen atoms in total. The number of rotatable bonds is 5. The highest BCUT2D eigenvalue weighted by Gasteiger charge is 2.15. The molecule has 1 aromatic carbocycles. The summed E-state index contributed by atoms with van der Waals surface area (Å²) in [4.78, 5) is 11.5. The normalized spacial score (nSPS) is 11.9. The molecular weight excluding hydrogens is 306 g/mol. The van der Waals surface area contributed by atoms with E-state index in [0.717, 1.165) is 0 Å². The van der Waals surface area contributed by atoms with Crippen LogP contribution in [0.3, 0.4) is 0 Å². The van der Waals surface area contributed by atoms with Crippen molar-refractivity contribution in [3.8, 4) is 0 Å². The van der Waals surface area contributed by atoms with Crippen molar-refractivity contribution in [3.63, 3.8) is 0 Å². The Hall–Kier alpha value is -1.80. The number of benzene rings is 1. The average Bonchev–Trinajstić information content (AvgIpc) is 2.33. The average molecular weight is 329 g/mol. The van der Waals surface area contributed by atoms with Crippen LogP contribution in [0, 0.1) is 6.92 Å². The molecule has 1 aromatic rings. The standard InChI is InChI=1S/C14H23N3O4S/c1-10-5-6-11(9-12(10)22(15,19)20)16-7-8-17-13(18)21-14(2,3)4/h5-6,9,16H,7-8H2,1-4H3,(H,17,18)(H2,15,19,20). The van der Waals surface area contributed by atoms with Gasteiger partial charge < -0.3 is 15.4 Å². The second-order valence-corrected chi connectivity index (χ2v) is 7.41. The van der Waals surface area contributed by atoms with Crippen LogP contribution in [0.4, 0.5) is 10.5 Å².